The van der Waals surface area contributed by atoms with Crippen LogP contribution in [0.4, 0.5) is 0 Å². The number of halogens is 1. The number of hydrogen-bond donors (Lipinski definition) is 6. The molecule has 6 N–H and O–H groups in total. The lowest BCUT2D eigenvalue weighted by Crippen LogP contribution is -2.39. The van der Waals surface area contributed by atoms with Gasteiger partial charge < -0.3 is 34.6 Å². The number of aryl methyl sites for hydroxylation is 1. The molecule has 0 aliphatic rings. The summed E-state index contributed by atoms with van der Waals surface area (Å²) in [5.74, 6) is -0.662. The van der Waals surface area contributed by atoms with Crippen LogP contribution in [-0.2, 0) is 35.8 Å². The molecule has 4 aromatic rings. The second-order valence-electron chi connectivity index (χ2n) is 11.5. The van der Waals surface area contributed by atoms with E-state index in [1.54, 1.807) is 23.0 Å². The third-order valence-corrected chi connectivity index (χ3v) is 8.44. The Kier molecular flexibility index (Phi) is 13.9. The molecule has 1 aromatic heterocycles. The van der Waals surface area contributed by atoms with Crippen LogP contribution in [0.5, 0.6) is 17.2 Å². The highest BCUT2D eigenvalue weighted by atomic mass is 35.5. The van der Waals surface area contributed by atoms with Crippen molar-refractivity contribution in [2.75, 3.05) is 26.9 Å². The molecule has 3 aromatic carbocycles. The Bertz CT molecular complexity index is 1770. The summed E-state index contributed by atoms with van der Waals surface area (Å²) in [7, 11) is 1.50. The maximum atomic E-state index is 11.2. The molecule has 0 saturated heterocycles. The Morgan fingerprint density at radius 3 is 2.18 bits per heavy atom. The summed E-state index contributed by atoms with van der Waals surface area (Å²) in [5.41, 5.74) is 6.22. The van der Waals surface area contributed by atoms with Gasteiger partial charge in [-0.25, -0.2) is 0 Å². The predicted molar refractivity (Wildman–Crippen MR) is 185 cm³/mol. The molecule has 0 fully saturated rings. The van der Waals surface area contributed by atoms with E-state index in [0.717, 1.165) is 33.6 Å². The Morgan fingerprint density at radius 1 is 0.860 bits per heavy atom. The van der Waals surface area contributed by atoms with Gasteiger partial charge in [0.15, 0.2) is 0 Å². The lowest BCUT2D eigenvalue weighted by atomic mass is 9.93. The van der Waals surface area contributed by atoms with Gasteiger partial charge in [0.05, 0.1) is 37.6 Å². The zero-order valence-electron chi connectivity index (χ0n) is 28.1. The van der Waals surface area contributed by atoms with Crippen molar-refractivity contribution in [3.8, 4) is 28.4 Å². The van der Waals surface area contributed by atoms with Crippen LogP contribution in [0.1, 0.15) is 34.4 Å². The standard InChI is InChI=1S/C35H42ClN5O9/c1-21-23(20-50-33-14-32(48-3)24(13-28(33)36)15-37-29(18-42)34(44)45)7-4-8-26(21)27-9-5-10-31(22(27)2)49-12-6-11-41-17-25(39-40-41)16-38-30(19-43)35(46)47/h4-5,7-10,13-14,17,29-30,37-38,42-43H,6,11-12,15-16,18-20H2,1-3H3,(H,44,45)(H,46,47)/t29-,30?/m0/s1. The Balaban J connectivity index is 1.37. The number of methoxy groups -OCH3 is 1. The van der Waals surface area contributed by atoms with E-state index in [2.05, 4.69) is 27.0 Å². The smallest absolute Gasteiger partial charge is 0.323 e. The lowest BCUT2D eigenvalue weighted by molar-refractivity contribution is -0.141. The van der Waals surface area contributed by atoms with Gasteiger partial charge in [0.25, 0.3) is 0 Å². The van der Waals surface area contributed by atoms with Crippen LogP contribution in [0, 0.1) is 13.8 Å². The molecule has 0 saturated carbocycles. The van der Waals surface area contributed by atoms with Crippen LogP contribution in [0.25, 0.3) is 11.1 Å². The minimum Gasteiger partial charge on any atom is -0.496 e. The molecule has 0 aliphatic carbocycles. The largest absolute Gasteiger partial charge is 0.496 e. The number of rotatable bonds is 20. The molecule has 0 bridgehead atoms. The molecule has 1 unspecified atom stereocenters. The highest BCUT2D eigenvalue weighted by Gasteiger charge is 2.19. The zero-order valence-corrected chi connectivity index (χ0v) is 28.8. The van der Waals surface area contributed by atoms with Gasteiger partial charge in [-0.1, -0.05) is 47.1 Å². The van der Waals surface area contributed by atoms with Crippen LogP contribution < -0.4 is 24.8 Å². The minimum atomic E-state index is -1.16. The maximum Gasteiger partial charge on any atom is 0.323 e. The average Bonchev–Trinajstić information content (AvgIpc) is 3.55. The number of ether oxygens (including phenoxy) is 3. The van der Waals surface area contributed by atoms with E-state index < -0.39 is 37.2 Å². The number of nitrogens with zero attached hydrogens (tertiary/aromatic N) is 3. The highest BCUT2D eigenvalue weighted by molar-refractivity contribution is 6.32. The SMILES string of the molecule is COc1cc(OCc2cccc(-c3cccc(OCCCn4cc(CNC(CO)C(=O)O)nn4)c3C)c2C)c(Cl)cc1CN[C@@H](CO)C(=O)O. The van der Waals surface area contributed by atoms with Crippen LogP contribution >= 0.6 is 11.6 Å². The van der Waals surface area contributed by atoms with E-state index in [1.807, 2.05) is 44.2 Å². The van der Waals surface area contributed by atoms with E-state index in [9.17, 15) is 19.8 Å². The van der Waals surface area contributed by atoms with Gasteiger partial charge in [-0.05, 0) is 53.8 Å². The van der Waals surface area contributed by atoms with E-state index in [4.69, 9.17) is 36.0 Å². The number of hydrogen-bond acceptors (Lipinski definition) is 11. The molecule has 0 aliphatic heterocycles. The van der Waals surface area contributed by atoms with Gasteiger partial charge >= 0.3 is 11.9 Å². The van der Waals surface area contributed by atoms with E-state index in [-0.39, 0.29) is 19.7 Å². The zero-order chi connectivity index (χ0) is 36.2. The summed E-state index contributed by atoms with van der Waals surface area (Å²) < 4.78 is 19.4. The van der Waals surface area contributed by atoms with Gasteiger partial charge in [-0.15, -0.1) is 5.10 Å². The topological polar surface area (TPSA) is 198 Å². The summed E-state index contributed by atoms with van der Waals surface area (Å²) in [6.07, 6.45) is 2.39. The molecule has 50 heavy (non-hydrogen) atoms. The fraction of sp³-hybridized carbons (Fsp3) is 0.371. The van der Waals surface area contributed by atoms with Crippen LogP contribution in [-0.4, -0.2) is 86.4 Å². The number of aromatic nitrogens is 3. The van der Waals surface area contributed by atoms with Gasteiger partial charge in [-0.3, -0.25) is 24.9 Å². The lowest BCUT2D eigenvalue weighted by Gasteiger charge is -2.18. The molecule has 1 heterocycles. The first-order chi connectivity index (χ1) is 24.1. The van der Waals surface area contributed by atoms with E-state index in [1.165, 1.54) is 7.11 Å². The molecule has 0 spiro atoms. The molecular formula is C35H42ClN5O9. The fourth-order valence-electron chi connectivity index (χ4n) is 5.22. The Morgan fingerprint density at radius 2 is 1.52 bits per heavy atom. The summed E-state index contributed by atoms with van der Waals surface area (Å²) in [6.45, 7) is 4.50. The van der Waals surface area contributed by atoms with Crippen LogP contribution in [0.2, 0.25) is 5.02 Å². The molecule has 15 heteroatoms. The van der Waals surface area contributed by atoms with Crippen molar-refractivity contribution in [2.45, 2.75) is 58.6 Å². The van der Waals surface area contributed by atoms with Crippen molar-refractivity contribution < 1.29 is 44.2 Å². The third kappa shape index (κ3) is 9.92. The quantitative estimate of drug-likeness (QED) is 0.0731. The summed E-state index contributed by atoms with van der Waals surface area (Å²) >= 11 is 6.54. The normalized spacial score (nSPS) is 12.4. The number of carbonyl (C=O) groups is 2. The van der Waals surface area contributed by atoms with Crippen LogP contribution in [0.3, 0.4) is 0 Å². The minimum absolute atomic E-state index is 0.120. The summed E-state index contributed by atoms with van der Waals surface area (Å²) in [4.78, 5) is 22.3. The second kappa shape index (κ2) is 18.3. The first-order valence-electron chi connectivity index (χ1n) is 15.9. The number of carboxylic acid groups (broad SMARTS) is 2. The molecule has 0 amide bonds. The number of aliphatic hydroxyl groups is 2. The number of aliphatic hydroxyl groups excluding tert-OH is 2. The van der Waals surface area contributed by atoms with Gasteiger partial charge in [0.2, 0.25) is 0 Å². The molecular weight excluding hydrogens is 670 g/mol. The number of benzene rings is 3. The van der Waals surface area contributed by atoms with Crippen molar-refractivity contribution in [1.29, 1.82) is 0 Å². The number of nitrogens with one attached hydrogen (secondary N) is 2. The molecule has 268 valence electrons. The second-order valence-corrected chi connectivity index (χ2v) is 11.9. The van der Waals surface area contributed by atoms with E-state index >= 15 is 0 Å². The van der Waals surface area contributed by atoms with Gasteiger partial charge in [-0.2, -0.15) is 0 Å². The van der Waals surface area contributed by atoms with Gasteiger partial charge in [0, 0.05) is 43.9 Å². The van der Waals surface area contributed by atoms with Crippen molar-refractivity contribution >= 4 is 23.5 Å². The van der Waals surface area contributed by atoms with Crippen molar-refractivity contribution in [2.24, 2.45) is 0 Å². The van der Waals surface area contributed by atoms with Crippen molar-refractivity contribution in [1.82, 2.24) is 25.6 Å². The summed E-state index contributed by atoms with van der Waals surface area (Å²) in [5, 5.41) is 50.6. The average molecular weight is 712 g/mol. The monoisotopic (exact) mass is 711 g/mol. The summed E-state index contributed by atoms with van der Waals surface area (Å²) in [6, 6.07) is 13.1. The fourth-order valence-corrected chi connectivity index (χ4v) is 5.46. The first-order valence-corrected chi connectivity index (χ1v) is 16.3. The van der Waals surface area contributed by atoms with Gasteiger partial charge in [0.1, 0.15) is 35.9 Å². The maximum absolute atomic E-state index is 11.2. The number of carboxylic acids is 2. The van der Waals surface area contributed by atoms with Crippen molar-refractivity contribution in [3.63, 3.8) is 0 Å². The van der Waals surface area contributed by atoms with E-state index in [0.29, 0.717) is 47.4 Å². The van der Waals surface area contributed by atoms with Crippen LogP contribution in [0.15, 0.2) is 54.7 Å². The number of aliphatic carboxylic acids is 2. The highest BCUT2D eigenvalue weighted by Crippen LogP contribution is 2.36. The Hall–Kier alpha value is -4.73. The first kappa shape index (κ1) is 38.1. The molecule has 2 atom stereocenters. The van der Waals surface area contributed by atoms with Crippen molar-refractivity contribution in [3.05, 3.63) is 87.7 Å². The molecule has 0 radical (unpaired) electrons. The predicted octanol–water partition coefficient (Wildman–Crippen LogP) is 3.34. The molecule has 4 rings (SSSR count). The third-order valence-electron chi connectivity index (χ3n) is 8.14. The Labute approximate surface area is 294 Å². The molecule has 14 nitrogen and oxygen atoms in total.